The number of rotatable bonds is 13. The number of hydrogen-bond donors (Lipinski definition) is 1. The van der Waals surface area contributed by atoms with Crippen molar-refractivity contribution >= 4 is 27.5 Å². The summed E-state index contributed by atoms with van der Waals surface area (Å²) in [6.45, 7) is 5.20. The van der Waals surface area contributed by atoms with Gasteiger partial charge in [0.15, 0.2) is 5.75 Å². The van der Waals surface area contributed by atoms with E-state index in [9.17, 15) is 5.11 Å². The summed E-state index contributed by atoms with van der Waals surface area (Å²) >= 11 is 10.8. The summed E-state index contributed by atoms with van der Waals surface area (Å²) in [7, 11) is 0. The Balaban J connectivity index is 1.57. The van der Waals surface area contributed by atoms with Crippen LogP contribution in [0.15, 0.2) is 102 Å². The van der Waals surface area contributed by atoms with E-state index in [0.29, 0.717) is 34.9 Å². The largest absolute Gasteiger partial charge is 0.488 e. The van der Waals surface area contributed by atoms with E-state index < -0.39 is 12.2 Å². The van der Waals surface area contributed by atoms with Gasteiger partial charge in [-0.2, -0.15) is 0 Å². The van der Waals surface area contributed by atoms with Gasteiger partial charge in [-0.15, -0.1) is 0 Å². The first-order chi connectivity index (χ1) is 21.5. The second-order valence-electron chi connectivity index (χ2n) is 11.2. The predicted octanol–water partition coefficient (Wildman–Crippen LogP) is 8.72. The SMILES string of the molecule is CC[C@H]1O[C@@H](c2cc(Cc3ccccc3)c(Cl)c(OCCO)c2Br)[C@H](OCc2ccccc2)[C@@H](OCc2ccccc2)[C@@H]1C. The van der Waals surface area contributed by atoms with Crippen molar-refractivity contribution in [2.24, 2.45) is 5.92 Å². The van der Waals surface area contributed by atoms with Crippen LogP contribution in [-0.4, -0.2) is 36.6 Å². The maximum absolute atomic E-state index is 9.59. The fraction of sp³-hybridized carbons (Fsp3) is 0.351. The van der Waals surface area contributed by atoms with Crippen LogP contribution in [0.2, 0.25) is 5.02 Å². The normalized spacial score (nSPS) is 21.7. The Bertz CT molecular complexity index is 1450. The van der Waals surface area contributed by atoms with Gasteiger partial charge in [0.25, 0.3) is 0 Å². The maximum Gasteiger partial charge on any atom is 0.152 e. The highest BCUT2D eigenvalue weighted by molar-refractivity contribution is 9.10. The van der Waals surface area contributed by atoms with Crippen LogP contribution < -0.4 is 4.74 Å². The van der Waals surface area contributed by atoms with E-state index in [0.717, 1.165) is 34.2 Å². The Morgan fingerprint density at radius 1 is 0.818 bits per heavy atom. The zero-order valence-electron chi connectivity index (χ0n) is 25.2. The minimum Gasteiger partial charge on any atom is -0.488 e. The van der Waals surface area contributed by atoms with Crippen molar-refractivity contribution in [3.63, 3.8) is 0 Å². The van der Waals surface area contributed by atoms with Crippen molar-refractivity contribution in [2.75, 3.05) is 13.2 Å². The molecule has 7 heteroatoms. The molecule has 5 rings (SSSR count). The van der Waals surface area contributed by atoms with Gasteiger partial charge in [-0.05, 0) is 57.1 Å². The monoisotopic (exact) mass is 678 g/mol. The number of halogens is 2. The number of aliphatic hydroxyl groups excluding tert-OH is 1. The summed E-state index contributed by atoms with van der Waals surface area (Å²) < 4.78 is 27.2. The van der Waals surface area contributed by atoms with Gasteiger partial charge in [0.2, 0.25) is 0 Å². The average molecular weight is 680 g/mol. The van der Waals surface area contributed by atoms with Crippen LogP contribution in [0.5, 0.6) is 5.75 Å². The molecule has 0 unspecified atom stereocenters. The molecule has 1 heterocycles. The average Bonchev–Trinajstić information content (AvgIpc) is 3.06. The molecular formula is C37H40BrClO5. The quantitative estimate of drug-likeness (QED) is 0.153. The first kappa shape index (κ1) is 32.7. The second kappa shape index (κ2) is 16.0. The van der Waals surface area contributed by atoms with Crippen LogP contribution in [0, 0.1) is 5.92 Å². The third kappa shape index (κ3) is 7.92. The first-order valence-electron chi connectivity index (χ1n) is 15.2. The van der Waals surface area contributed by atoms with Gasteiger partial charge in [-0.25, -0.2) is 0 Å². The second-order valence-corrected chi connectivity index (χ2v) is 12.4. The Labute approximate surface area is 274 Å². The molecule has 0 bridgehead atoms. The molecule has 232 valence electrons. The molecule has 0 spiro atoms. The molecule has 0 amide bonds. The molecule has 0 radical (unpaired) electrons. The lowest BCUT2D eigenvalue weighted by Gasteiger charge is -2.46. The fourth-order valence-electron chi connectivity index (χ4n) is 5.87. The van der Waals surface area contributed by atoms with E-state index in [1.54, 1.807) is 0 Å². The molecule has 5 nitrogen and oxygen atoms in total. The molecule has 1 aliphatic heterocycles. The van der Waals surface area contributed by atoms with Crippen molar-refractivity contribution < 1.29 is 24.1 Å². The lowest BCUT2D eigenvalue weighted by Crippen LogP contribution is -2.51. The van der Waals surface area contributed by atoms with E-state index in [2.05, 4.69) is 72.2 Å². The molecule has 4 aromatic rings. The van der Waals surface area contributed by atoms with Crippen LogP contribution in [-0.2, 0) is 33.8 Å². The third-order valence-electron chi connectivity index (χ3n) is 8.17. The molecule has 1 aliphatic rings. The van der Waals surface area contributed by atoms with Crippen molar-refractivity contribution in [1.82, 2.24) is 0 Å². The Hall–Kier alpha value is -2.71. The highest BCUT2D eigenvalue weighted by Gasteiger charge is 2.46. The molecule has 4 aromatic carbocycles. The topological polar surface area (TPSA) is 57.2 Å². The summed E-state index contributed by atoms with van der Waals surface area (Å²) in [5, 5.41) is 10.1. The summed E-state index contributed by atoms with van der Waals surface area (Å²) in [5.41, 5.74) is 5.09. The molecule has 1 fully saturated rings. The number of hydrogen-bond acceptors (Lipinski definition) is 5. The maximum atomic E-state index is 9.59. The Morgan fingerprint density at radius 3 is 1.91 bits per heavy atom. The first-order valence-corrected chi connectivity index (χ1v) is 16.4. The summed E-state index contributed by atoms with van der Waals surface area (Å²) in [4.78, 5) is 0. The highest BCUT2D eigenvalue weighted by Crippen LogP contribution is 2.47. The Morgan fingerprint density at radius 2 is 1.36 bits per heavy atom. The van der Waals surface area contributed by atoms with Crippen LogP contribution in [0.25, 0.3) is 0 Å². The van der Waals surface area contributed by atoms with Crippen molar-refractivity contribution in [1.29, 1.82) is 0 Å². The van der Waals surface area contributed by atoms with E-state index in [-0.39, 0.29) is 31.3 Å². The van der Waals surface area contributed by atoms with Crippen LogP contribution >= 0.6 is 27.5 Å². The lowest BCUT2D eigenvalue weighted by molar-refractivity contribution is -0.235. The molecule has 0 aromatic heterocycles. The van der Waals surface area contributed by atoms with Gasteiger partial charge < -0.3 is 24.1 Å². The van der Waals surface area contributed by atoms with Gasteiger partial charge >= 0.3 is 0 Å². The molecule has 44 heavy (non-hydrogen) atoms. The number of ether oxygens (including phenoxy) is 4. The van der Waals surface area contributed by atoms with E-state index in [1.807, 2.05) is 54.6 Å². The van der Waals surface area contributed by atoms with Gasteiger partial charge in [0.1, 0.15) is 18.8 Å². The van der Waals surface area contributed by atoms with Crippen LogP contribution in [0.1, 0.15) is 54.2 Å². The van der Waals surface area contributed by atoms with E-state index in [1.165, 1.54) is 0 Å². The van der Waals surface area contributed by atoms with Crippen LogP contribution in [0.3, 0.4) is 0 Å². The van der Waals surface area contributed by atoms with Gasteiger partial charge in [0.05, 0.1) is 41.5 Å². The highest BCUT2D eigenvalue weighted by atomic mass is 79.9. The van der Waals surface area contributed by atoms with Gasteiger partial charge in [-0.3, -0.25) is 0 Å². The number of benzene rings is 4. The van der Waals surface area contributed by atoms with Gasteiger partial charge in [0, 0.05) is 11.5 Å². The minimum absolute atomic E-state index is 0.0562. The molecule has 1 N–H and O–H groups in total. The Kier molecular flexibility index (Phi) is 11.9. The zero-order chi connectivity index (χ0) is 30.9. The molecule has 0 saturated carbocycles. The fourth-order valence-corrected chi connectivity index (χ4v) is 6.90. The lowest BCUT2D eigenvalue weighted by atomic mass is 9.83. The van der Waals surface area contributed by atoms with Crippen molar-refractivity contribution in [3.05, 3.63) is 134 Å². The summed E-state index contributed by atoms with van der Waals surface area (Å²) in [5.74, 6) is 0.573. The van der Waals surface area contributed by atoms with E-state index >= 15 is 0 Å². The molecular weight excluding hydrogens is 640 g/mol. The number of aliphatic hydroxyl groups is 1. The predicted molar refractivity (Wildman–Crippen MR) is 178 cm³/mol. The van der Waals surface area contributed by atoms with Gasteiger partial charge in [-0.1, -0.05) is 116 Å². The van der Waals surface area contributed by atoms with Crippen LogP contribution in [0.4, 0.5) is 0 Å². The third-order valence-corrected chi connectivity index (χ3v) is 9.40. The molecule has 1 saturated heterocycles. The summed E-state index contributed by atoms with van der Waals surface area (Å²) in [6.07, 6.45) is 0.232. The minimum atomic E-state index is -0.474. The van der Waals surface area contributed by atoms with Crippen molar-refractivity contribution in [2.45, 2.75) is 64.3 Å². The smallest absolute Gasteiger partial charge is 0.152 e. The molecule has 5 atom stereocenters. The standard InChI is InChI=1S/C37H40BrClO5/c1-3-31-25(2)34(42-23-27-15-9-5-10-16-27)37(43-24-28-17-11-6-12-18-28)35(44-31)30-22-29(21-26-13-7-4-8-14-26)33(39)36(32(30)38)41-20-19-40/h4-18,22,25,31,34-35,37,40H,3,19-21,23-24H2,1-2H3/t25-,31-,34+,35+,37-/m1/s1. The van der Waals surface area contributed by atoms with Crippen molar-refractivity contribution in [3.8, 4) is 5.75 Å². The summed E-state index contributed by atoms with van der Waals surface area (Å²) in [6, 6.07) is 32.7. The molecule has 0 aliphatic carbocycles. The zero-order valence-corrected chi connectivity index (χ0v) is 27.5. The van der Waals surface area contributed by atoms with E-state index in [4.69, 9.17) is 30.5 Å².